The van der Waals surface area contributed by atoms with E-state index in [1.807, 2.05) is 11.8 Å². The number of nitrogens with zero attached hydrogens (tertiary/aromatic N) is 6. The van der Waals surface area contributed by atoms with Crippen LogP contribution in [0.1, 0.15) is 29.4 Å². The number of carbonyl (C=O) groups is 1. The minimum absolute atomic E-state index is 0.0907. The lowest BCUT2D eigenvalue weighted by molar-refractivity contribution is 0.101. The first-order chi connectivity index (χ1) is 14.4. The van der Waals surface area contributed by atoms with E-state index in [2.05, 4.69) is 30.5 Å². The summed E-state index contributed by atoms with van der Waals surface area (Å²) < 4.78 is 27.5. The molecule has 1 amide bonds. The quantitative estimate of drug-likeness (QED) is 0.473. The Morgan fingerprint density at radius 2 is 1.90 bits per heavy atom. The van der Waals surface area contributed by atoms with E-state index >= 15 is 0 Å². The van der Waals surface area contributed by atoms with Crippen LogP contribution in [0.5, 0.6) is 0 Å². The molecule has 0 radical (unpaired) electrons. The van der Waals surface area contributed by atoms with Crippen LogP contribution in [-0.4, -0.2) is 53.9 Å². The van der Waals surface area contributed by atoms with E-state index in [9.17, 15) is 13.6 Å². The lowest BCUT2D eigenvalue weighted by Crippen LogP contribution is -2.35. The Balaban J connectivity index is 1.77. The van der Waals surface area contributed by atoms with Crippen molar-refractivity contribution >= 4 is 23.3 Å². The van der Waals surface area contributed by atoms with Crippen LogP contribution in [0.3, 0.4) is 0 Å². The summed E-state index contributed by atoms with van der Waals surface area (Å²) in [7, 11) is 3.24. The van der Waals surface area contributed by atoms with Gasteiger partial charge >= 0.3 is 0 Å². The number of rotatable bonds is 3. The normalized spacial score (nSPS) is 15.1. The second-order valence-corrected chi connectivity index (χ2v) is 6.59. The van der Waals surface area contributed by atoms with Gasteiger partial charge in [-0.3, -0.25) is 14.8 Å². The van der Waals surface area contributed by atoms with Gasteiger partial charge < -0.3 is 10.2 Å². The number of nitrogens with one attached hydrogen (secondary N) is 1. The fourth-order valence-corrected chi connectivity index (χ4v) is 3.11. The van der Waals surface area contributed by atoms with Crippen LogP contribution in [0.2, 0.25) is 0 Å². The van der Waals surface area contributed by atoms with E-state index in [4.69, 9.17) is 0 Å². The second kappa shape index (κ2) is 9.29. The number of aliphatic imine (C=N–C) groups is 1. The number of guanidine groups is 1. The highest BCUT2D eigenvalue weighted by molar-refractivity contribution is 6.04. The summed E-state index contributed by atoms with van der Waals surface area (Å²) in [5.74, 6) is -2.20. The summed E-state index contributed by atoms with van der Waals surface area (Å²) in [4.78, 5) is 26.9. The molecule has 2 aromatic rings. The van der Waals surface area contributed by atoms with Crippen LogP contribution in [0.4, 0.5) is 14.6 Å². The molecule has 3 rings (SSSR count). The van der Waals surface area contributed by atoms with Crippen molar-refractivity contribution in [1.29, 1.82) is 0 Å². The Labute approximate surface area is 172 Å². The summed E-state index contributed by atoms with van der Waals surface area (Å²) in [5.41, 5.74) is 2.10. The van der Waals surface area contributed by atoms with Gasteiger partial charge in [0.05, 0.1) is 18.1 Å². The van der Waals surface area contributed by atoms with Crippen molar-refractivity contribution in [3.05, 3.63) is 59.1 Å². The van der Waals surface area contributed by atoms with E-state index in [1.54, 1.807) is 14.1 Å². The molecule has 1 aliphatic heterocycles. The van der Waals surface area contributed by atoms with E-state index in [1.165, 1.54) is 18.5 Å². The van der Waals surface area contributed by atoms with E-state index in [0.29, 0.717) is 18.2 Å². The summed E-state index contributed by atoms with van der Waals surface area (Å²) in [5, 5.41) is 10.2. The minimum atomic E-state index is -0.947. The van der Waals surface area contributed by atoms with E-state index in [-0.39, 0.29) is 5.82 Å². The maximum absolute atomic E-state index is 13.8. The third-order valence-electron chi connectivity index (χ3n) is 4.69. The Bertz CT molecular complexity index is 1010. The zero-order valence-electron chi connectivity index (χ0n) is 16.9. The van der Waals surface area contributed by atoms with Crippen LogP contribution in [0.15, 0.2) is 51.4 Å². The molecule has 1 aromatic carbocycles. The van der Waals surface area contributed by atoms with Crippen molar-refractivity contribution in [1.82, 2.24) is 14.9 Å². The zero-order chi connectivity index (χ0) is 21.7. The molecule has 0 fully saturated rings. The molecule has 1 aromatic heterocycles. The van der Waals surface area contributed by atoms with Gasteiger partial charge in [-0.15, -0.1) is 5.11 Å². The Morgan fingerprint density at radius 1 is 1.17 bits per heavy atom. The molecule has 10 heteroatoms. The molecule has 8 nitrogen and oxygen atoms in total. The molecule has 1 aliphatic rings. The van der Waals surface area contributed by atoms with Crippen LogP contribution in [0, 0.1) is 11.6 Å². The molecular formula is C20H21F2N7O. The highest BCUT2D eigenvalue weighted by Crippen LogP contribution is 2.26. The van der Waals surface area contributed by atoms with Gasteiger partial charge in [-0.25, -0.2) is 13.8 Å². The largest absolute Gasteiger partial charge is 0.335 e. The predicted octanol–water partition coefficient (Wildman–Crippen LogP) is 3.55. The smallest absolute Gasteiger partial charge is 0.262 e. The lowest BCUT2D eigenvalue weighted by Gasteiger charge is -2.29. The van der Waals surface area contributed by atoms with Crippen LogP contribution >= 0.6 is 0 Å². The first-order valence-corrected chi connectivity index (χ1v) is 9.22. The highest BCUT2D eigenvalue weighted by Gasteiger charge is 2.22. The Kier molecular flexibility index (Phi) is 6.55. The molecule has 0 aliphatic carbocycles. The van der Waals surface area contributed by atoms with Gasteiger partial charge in [0.25, 0.3) is 5.91 Å². The number of amides is 1. The number of anilines is 1. The first-order valence-electron chi connectivity index (χ1n) is 9.22. The monoisotopic (exact) mass is 413 g/mol. The maximum Gasteiger partial charge on any atom is 0.262 e. The number of benzene rings is 1. The van der Waals surface area contributed by atoms with Crippen molar-refractivity contribution in [2.24, 2.45) is 15.2 Å². The summed E-state index contributed by atoms with van der Waals surface area (Å²) in [6.45, 7) is 3.32. The number of carbonyl (C=O) groups excluding carboxylic acids is 1. The average molecular weight is 413 g/mol. The van der Waals surface area contributed by atoms with Crippen molar-refractivity contribution < 1.29 is 13.6 Å². The van der Waals surface area contributed by atoms with E-state index in [0.717, 1.165) is 36.2 Å². The standard InChI is InChI=1S/C20H21F2N7O/c1-12-7-8-29(20(23-2)28-24-3)11-13(12)16-9-26-17(10-25-16)27-19(30)18-14(21)5-4-6-15(18)22/h4-6,9-10H,7-8,11H2,1-3H3,(H,26,27,30). The average Bonchev–Trinajstić information content (AvgIpc) is 2.73. The maximum atomic E-state index is 13.8. The first kappa shape index (κ1) is 21.2. The fourth-order valence-electron chi connectivity index (χ4n) is 3.11. The van der Waals surface area contributed by atoms with Crippen molar-refractivity contribution in [3.63, 3.8) is 0 Å². The number of aromatic nitrogens is 2. The molecule has 0 saturated carbocycles. The van der Waals surface area contributed by atoms with Gasteiger partial charge in [-0.05, 0) is 31.1 Å². The van der Waals surface area contributed by atoms with Gasteiger partial charge in [-0.1, -0.05) is 11.6 Å². The molecule has 156 valence electrons. The molecule has 0 bridgehead atoms. The van der Waals surface area contributed by atoms with Crippen LogP contribution in [-0.2, 0) is 0 Å². The number of azo groups is 1. The topological polar surface area (TPSA) is 95.2 Å². The van der Waals surface area contributed by atoms with Crippen molar-refractivity contribution in [2.75, 3.05) is 32.5 Å². The number of halogens is 2. The number of hydrogen-bond acceptors (Lipinski definition) is 5. The van der Waals surface area contributed by atoms with Crippen LogP contribution < -0.4 is 5.32 Å². The SMILES string of the molecule is CN=NC(=NC)N1CCC(C)=C(c2cnc(NC(=O)c3c(F)cccc3F)cn2)C1. The Morgan fingerprint density at radius 3 is 2.50 bits per heavy atom. The molecule has 0 saturated heterocycles. The van der Waals surface area contributed by atoms with Crippen molar-refractivity contribution in [2.45, 2.75) is 13.3 Å². The van der Waals surface area contributed by atoms with Crippen molar-refractivity contribution in [3.8, 4) is 0 Å². The minimum Gasteiger partial charge on any atom is -0.335 e. The van der Waals surface area contributed by atoms with Gasteiger partial charge in [0, 0.05) is 27.2 Å². The lowest BCUT2D eigenvalue weighted by atomic mass is 9.99. The second-order valence-electron chi connectivity index (χ2n) is 6.59. The van der Waals surface area contributed by atoms with Gasteiger partial charge in [0.2, 0.25) is 5.96 Å². The highest BCUT2D eigenvalue weighted by atomic mass is 19.1. The van der Waals surface area contributed by atoms with E-state index < -0.39 is 23.1 Å². The molecule has 0 unspecified atom stereocenters. The summed E-state index contributed by atoms with van der Waals surface area (Å²) in [6.07, 6.45) is 3.67. The number of hydrogen-bond donors (Lipinski definition) is 1. The molecule has 0 spiro atoms. The van der Waals surface area contributed by atoms with Gasteiger partial charge in [-0.2, -0.15) is 5.11 Å². The molecular weight excluding hydrogens is 392 g/mol. The molecule has 30 heavy (non-hydrogen) atoms. The fraction of sp³-hybridized carbons (Fsp3) is 0.300. The molecule has 0 atom stereocenters. The predicted molar refractivity (Wildman–Crippen MR) is 109 cm³/mol. The molecule has 2 heterocycles. The Hall–Kier alpha value is -3.56. The summed E-state index contributed by atoms with van der Waals surface area (Å²) >= 11 is 0. The zero-order valence-corrected chi connectivity index (χ0v) is 16.9. The van der Waals surface area contributed by atoms with Crippen LogP contribution in [0.25, 0.3) is 5.57 Å². The van der Waals surface area contributed by atoms with Gasteiger partial charge in [0.1, 0.15) is 17.2 Å². The summed E-state index contributed by atoms with van der Waals surface area (Å²) in [6, 6.07) is 3.22. The molecule has 1 N–H and O–H groups in total. The van der Waals surface area contributed by atoms with Gasteiger partial charge in [0.15, 0.2) is 5.82 Å². The third kappa shape index (κ3) is 4.53. The third-order valence-corrected chi connectivity index (χ3v) is 4.69.